The van der Waals surface area contributed by atoms with Crippen molar-refractivity contribution in [2.24, 2.45) is 5.92 Å². The number of hydrogen-bond donors (Lipinski definition) is 3. The summed E-state index contributed by atoms with van der Waals surface area (Å²) in [4.78, 5) is 43.6. The van der Waals surface area contributed by atoms with Crippen molar-refractivity contribution >= 4 is 45.0 Å². The molecule has 2 aliphatic heterocycles. The van der Waals surface area contributed by atoms with Crippen LogP contribution in [-0.2, 0) is 34.7 Å². The van der Waals surface area contributed by atoms with Crippen LogP contribution in [0.15, 0.2) is 108 Å². The molecule has 3 N–H and O–H groups in total. The fourth-order valence-corrected chi connectivity index (χ4v) is 6.99. The second-order valence-corrected chi connectivity index (χ2v) is 13.4. The molecule has 3 atom stereocenters. The Morgan fingerprint density at radius 3 is 2.53 bits per heavy atom. The Hall–Kier alpha value is -4.77. The second kappa shape index (κ2) is 14.4. The van der Waals surface area contributed by atoms with Gasteiger partial charge in [-0.3, -0.25) is 14.4 Å². The Morgan fingerprint density at radius 1 is 1.04 bits per heavy atom. The van der Waals surface area contributed by atoms with Crippen LogP contribution in [0.1, 0.15) is 46.0 Å². The molecule has 0 fully saturated rings. The molecule has 6 rings (SSSR count). The first-order chi connectivity index (χ1) is 23.6. The maximum atomic E-state index is 14.1. The van der Waals surface area contributed by atoms with Crippen LogP contribution in [0.5, 0.6) is 5.75 Å². The van der Waals surface area contributed by atoms with Gasteiger partial charge < -0.3 is 30.1 Å². The van der Waals surface area contributed by atoms with Gasteiger partial charge in [-0.05, 0) is 77.7 Å². The van der Waals surface area contributed by atoms with Gasteiger partial charge in [-0.1, -0.05) is 71.4 Å². The maximum Gasteiger partial charge on any atom is 0.264 e. The minimum Gasteiger partial charge on any atom is -0.497 e. The highest BCUT2D eigenvalue weighted by Gasteiger charge is 2.52. The molecule has 9 nitrogen and oxygen atoms in total. The highest BCUT2D eigenvalue weighted by atomic mass is 79.9. The molecule has 0 saturated carbocycles. The van der Waals surface area contributed by atoms with Gasteiger partial charge in [0.05, 0.1) is 32.0 Å². The Kier molecular flexibility index (Phi) is 10.0. The van der Waals surface area contributed by atoms with E-state index in [1.807, 2.05) is 36.4 Å². The van der Waals surface area contributed by atoms with Crippen LogP contribution in [-0.4, -0.2) is 52.6 Å². The zero-order chi connectivity index (χ0) is 34.7. The van der Waals surface area contributed by atoms with E-state index in [1.165, 1.54) is 0 Å². The van der Waals surface area contributed by atoms with E-state index in [-0.39, 0.29) is 37.4 Å². The largest absolute Gasteiger partial charge is 0.497 e. The summed E-state index contributed by atoms with van der Waals surface area (Å²) < 4.78 is 5.89. The van der Waals surface area contributed by atoms with Gasteiger partial charge in [0.2, 0.25) is 5.91 Å². The molecule has 2 heterocycles. The molecule has 4 aromatic carbocycles. The summed E-state index contributed by atoms with van der Waals surface area (Å²) in [7, 11) is 1.56. The molecule has 10 heteroatoms. The summed E-state index contributed by atoms with van der Waals surface area (Å²) in [6.45, 7) is 2.22. The Morgan fingerprint density at radius 2 is 1.80 bits per heavy atom. The number of aliphatic hydroxyl groups is 2. The predicted octanol–water partition coefficient (Wildman–Crippen LogP) is 5.97. The van der Waals surface area contributed by atoms with E-state index in [4.69, 9.17) is 4.74 Å². The third kappa shape index (κ3) is 6.90. The Labute approximate surface area is 293 Å². The number of nitrogens with one attached hydrogen (secondary N) is 1. The molecule has 4 aromatic rings. The molecular formula is C39H38BrN3O6. The molecule has 3 amide bonds. The van der Waals surface area contributed by atoms with E-state index in [1.54, 1.807) is 90.6 Å². The number of methoxy groups -OCH3 is 1. The summed E-state index contributed by atoms with van der Waals surface area (Å²) in [6, 6.07) is 27.0. The summed E-state index contributed by atoms with van der Waals surface area (Å²) in [6.07, 6.45) is 4.07. The van der Waals surface area contributed by atoms with E-state index >= 15 is 0 Å². The minimum atomic E-state index is -1.88. The molecule has 0 saturated heterocycles. The summed E-state index contributed by atoms with van der Waals surface area (Å²) in [5.74, 6) is -0.913. The normalized spacial score (nSPS) is 19.0. The molecule has 252 valence electrons. The minimum absolute atomic E-state index is 0.0668. The van der Waals surface area contributed by atoms with Crippen molar-refractivity contribution in [3.8, 4) is 5.75 Å². The third-order valence-electron chi connectivity index (χ3n) is 9.37. The number of amides is 3. The van der Waals surface area contributed by atoms with Crippen molar-refractivity contribution in [1.82, 2.24) is 4.90 Å². The van der Waals surface area contributed by atoms with Crippen molar-refractivity contribution in [1.29, 1.82) is 0 Å². The number of fused-ring (bicyclic) bond motifs is 2. The fourth-order valence-electron chi connectivity index (χ4n) is 6.62. The zero-order valence-electron chi connectivity index (χ0n) is 27.3. The number of benzene rings is 4. The Balaban J connectivity index is 1.17. The van der Waals surface area contributed by atoms with Gasteiger partial charge in [-0.15, -0.1) is 0 Å². The molecule has 0 radical (unpaired) electrons. The standard InChI is InChI=1S/C39H38BrN3O6/c1-25(7-5-12-36(45)42-23-29-10-4-3-9-28(29)20-32(42)24-44)39(48)34-21-30(40)15-18-35(34)43(38(39)47)22-26-8-6-11-31(19-26)41-37(46)27-13-16-33(49-2)17-14-27/h3-11,13-19,21,25,32,44,48H,12,20,22-24H2,1-2H3,(H,41,46)/b7-5+/t25-,32-,39+/m0/s1. The highest BCUT2D eigenvalue weighted by Crippen LogP contribution is 2.47. The molecule has 0 aromatic heterocycles. The predicted molar refractivity (Wildman–Crippen MR) is 191 cm³/mol. The number of rotatable bonds is 10. The Bertz CT molecular complexity index is 1910. The van der Waals surface area contributed by atoms with Crippen LogP contribution >= 0.6 is 15.9 Å². The molecule has 2 aliphatic rings. The molecule has 0 bridgehead atoms. The average Bonchev–Trinajstić information content (AvgIpc) is 3.32. The van der Waals surface area contributed by atoms with Gasteiger partial charge in [0.25, 0.3) is 11.8 Å². The third-order valence-corrected chi connectivity index (χ3v) is 9.86. The quantitative estimate of drug-likeness (QED) is 0.174. The number of anilines is 2. The number of hydrogen-bond acceptors (Lipinski definition) is 6. The smallest absolute Gasteiger partial charge is 0.264 e. The van der Waals surface area contributed by atoms with Crippen LogP contribution in [0.25, 0.3) is 0 Å². The van der Waals surface area contributed by atoms with Gasteiger partial charge in [0.15, 0.2) is 5.60 Å². The van der Waals surface area contributed by atoms with Crippen molar-refractivity contribution in [3.63, 3.8) is 0 Å². The van der Waals surface area contributed by atoms with E-state index in [9.17, 15) is 24.6 Å². The SMILES string of the molecule is COc1ccc(C(=O)Nc2cccc(CN3C(=O)[C@@](O)([C@@H](C)/C=C/CC(=O)N4Cc5ccccc5C[C@H]4CO)c4cc(Br)ccc43)c2)cc1. The summed E-state index contributed by atoms with van der Waals surface area (Å²) >= 11 is 3.50. The number of nitrogens with zero attached hydrogens (tertiary/aromatic N) is 2. The van der Waals surface area contributed by atoms with Crippen LogP contribution in [0.4, 0.5) is 11.4 Å². The van der Waals surface area contributed by atoms with Crippen molar-refractivity contribution in [2.75, 3.05) is 23.9 Å². The number of carbonyl (C=O) groups excluding carboxylic acids is 3. The lowest BCUT2D eigenvalue weighted by Gasteiger charge is -2.36. The van der Waals surface area contributed by atoms with Crippen molar-refractivity contribution < 1.29 is 29.3 Å². The van der Waals surface area contributed by atoms with Crippen LogP contribution < -0.4 is 15.0 Å². The second-order valence-electron chi connectivity index (χ2n) is 12.5. The highest BCUT2D eigenvalue weighted by molar-refractivity contribution is 9.10. The summed E-state index contributed by atoms with van der Waals surface area (Å²) in [5.41, 5.74) is 3.17. The van der Waals surface area contributed by atoms with Gasteiger partial charge in [-0.25, -0.2) is 0 Å². The van der Waals surface area contributed by atoms with Crippen molar-refractivity contribution in [3.05, 3.63) is 135 Å². The fraction of sp³-hybridized carbons (Fsp3) is 0.256. The first-order valence-corrected chi connectivity index (χ1v) is 16.9. The van der Waals surface area contributed by atoms with Gasteiger partial charge in [-0.2, -0.15) is 0 Å². The molecular weight excluding hydrogens is 686 g/mol. The zero-order valence-corrected chi connectivity index (χ0v) is 28.9. The van der Waals surface area contributed by atoms with E-state index in [0.717, 1.165) is 16.7 Å². The lowest BCUT2D eigenvalue weighted by molar-refractivity contribution is -0.139. The van der Waals surface area contributed by atoms with Crippen LogP contribution in [0.3, 0.4) is 0 Å². The summed E-state index contributed by atoms with van der Waals surface area (Å²) in [5, 5.41) is 25.0. The van der Waals surface area contributed by atoms with E-state index < -0.39 is 17.4 Å². The van der Waals surface area contributed by atoms with E-state index in [0.29, 0.717) is 45.7 Å². The number of carbonyl (C=O) groups is 3. The number of halogens is 1. The average molecular weight is 725 g/mol. The van der Waals surface area contributed by atoms with Crippen molar-refractivity contribution in [2.45, 2.75) is 44.5 Å². The molecule has 0 aliphatic carbocycles. The molecule has 49 heavy (non-hydrogen) atoms. The van der Waals surface area contributed by atoms with Crippen LogP contribution in [0, 0.1) is 5.92 Å². The first-order valence-electron chi connectivity index (χ1n) is 16.1. The maximum absolute atomic E-state index is 14.1. The molecule has 0 spiro atoms. The van der Waals surface area contributed by atoms with E-state index in [2.05, 4.69) is 21.2 Å². The van der Waals surface area contributed by atoms with Gasteiger partial charge in [0, 0.05) is 40.2 Å². The van der Waals surface area contributed by atoms with Gasteiger partial charge in [0.1, 0.15) is 5.75 Å². The monoisotopic (exact) mass is 723 g/mol. The van der Waals surface area contributed by atoms with Crippen LogP contribution in [0.2, 0.25) is 0 Å². The van der Waals surface area contributed by atoms with Gasteiger partial charge >= 0.3 is 0 Å². The number of ether oxygens (including phenoxy) is 1. The first kappa shape index (κ1) is 34.1. The topological polar surface area (TPSA) is 119 Å². The molecule has 0 unspecified atom stereocenters. The lowest BCUT2D eigenvalue weighted by atomic mass is 9.83. The number of aliphatic hydroxyl groups excluding tert-OH is 1. The lowest BCUT2D eigenvalue weighted by Crippen LogP contribution is -2.46.